The summed E-state index contributed by atoms with van der Waals surface area (Å²) >= 11 is 0. The molecule has 2 aliphatic rings. The van der Waals surface area contributed by atoms with Crippen molar-refractivity contribution in [1.82, 2.24) is 10.2 Å². The van der Waals surface area contributed by atoms with Gasteiger partial charge in [-0.15, -0.1) is 0 Å². The summed E-state index contributed by atoms with van der Waals surface area (Å²) in [6.45, 7) is 4.96. The molecule has 2 unspecified atom stereocenters. The summed E-state index contributed by atoms with van der Waals surface area (Å²) in [7, 11) is 0. The molecule has 4 nitrogen and oxygen atoms in total. The first kappa shape index (κ1) is 15.8. The van der Waals surface area contributed by atoms with Gasteiger partial charge in [0.1, 0.15) is 0 Å². The van der Waals surface area contributed by atoms with Gasteiger partial charge in [-0.1, -0.05) is 19.3 Å². The number of hydrogen-bond acceptors (Lipinski definition) is 3. The van der Waals surface area contributed by atoms with Crippen molar-refractivity contribution >= 4 is 5.91 Å². The van der Waals surface area contributed by atoms with Crippen molar-refractivity contribution in [1.29, 1.82) is 0 Å². The number of likely N-dealkylation sites (tertiary alicyclic amines) is 1. The van der Waals surface area contributed by atoms with Crippen LogP contribution in [0.1, 0.15) is 51.4 Å². The van der Waals surface area contributed by atoms with E-state index in [0.717, 1.165) is 38.9 Å². The van der Waals surface area contributed by atoms with Crippen LogP contribution in [0.5, 0.6) is 0 Å². The van der Waals surface area contributed by atoms with E-state index in [1.165, 1.54) is 45.2 Å². The van der Waals surface area contributed by atoms with Crippen molar-refractivity contribution in [3.8, 4) is 0 Å². The van der Waals surface area contributed by atoms with Crippen molar-refractivity contribution in [2.75, 3.05) is 32.7 Å². The minimum absolute atomic E-state index is 0.210. The lowest BCUT2D eigenvalue weighted by molar-refractivity contribution is -0.126. The van der Waals surface area contributed by atoms with Crippen molar-refractivity contribution in [2.24, 2.45) is 17.6 Å². The van der Waals surface area contributed by atoms with Crippen molar-refractivity contribution in [3.05, 3.63) is 0 Å². The third-order valence-corrected chi connectivity index (χ3v) is 4.91. The Kier molecular flexibility index (Phi) is 6.80. The number of nitrogens with one attached hydrogen (secondary N) is 1. The summed E-state index contributed by atoms with van der Waals surface area (Å²) in [5.74, 6) is 1.03. The highest BCUT2D eigenvalue weighted by atomic mass is 16.1. The van der Waals surface area contributed by atoms with Crippen LogP contribution in [0.15, 0.2) is 0 Å². The minimum Gasteiger partial charge on any atom is -0.355 e. The predicted octanol–water partition coefficient (Wildman–Crippen LogP) is 1.74. The first-order chi connectivity index (χ1) is 9.79. The average Bonchev–Trinajstić information content (AvgIpc) is 2.76. The van der Waals surface area contributed by atoms with Crippen LogP contribution in [0.25, 0.3) is 0 Å². The van der Waals surface area contributed by atoms with Crippen LogP contribution in [0.2, 0.25) is 0 Å². The molecule has 20 heavy (non-hydrogen) atoms. The van der Waals surface area contributed by atoms with E-state index in [2.05, 4.69) is 10.2 Å². The first-order valence-electron chi connectivity index (χ1n) is 8.49. The van der Waals surface area contributed by atoms with Gasteiger partial charge in [0, 0.05) is 19.0 Å². The normalized spacial score (nSPS) is 28.9. The predicted molar refractivity (Wildman–Crippen MR) is 82.4 cm³/mol. The number of amides is 1. The summed E-state index contributed by atoms with van der Waals surface area (Å²) in [6.07, 6.45) is 9.76. The van der Waals surface area contributed by atoms with Crippen LogP contribution in [-0.2, 0) is 4.79 Å². The van der Waals surface area contributed by atoms with E-state index in [9.17, 15) is 4.79 Å². The summed E-state index contributed by atoms with van der Waals surface area (Å²) in [5, 5.41) is 3.14. The summed E-state index contributed by atoms with van der Waals surface area (Å²) in [5.41, 5.74) is 5.74. The maximum atomic E-state index is 12.2. The van der Waals surface area contributed by atoms with Crippen molar-refractivity contribution < 1.29 is 4.79 Å². The third-order valence-electron chi connectivity index (χ3n) is 4.91. The van der Waals surface area contributed by atoms with Gasteiger partial charge < -0.3 is 16.0 Å². The lowest BCUT2D eigenvalue weighted by atomic mass is 9.81. The Morgan fingerprint density at radius 2 is 1.85 bits per heavy atom. The Morgan fingerprint density at radius 1 is 1.10 bits per heavy atom. The Morgan fingerprint density at radius 3 is 2.55 bits per heavy atom. The van der Waals surface area contributed by atoms with Gasteiger partial charge >= 0.3 is 0 Å². The zero-order chi connectivity index (χ0) is 14.2. The lowest BCUT2D eigenvalue weighted by Crippen LogP contribution is -2.39. The minimum atomic E-state index is 0.210. The van der Waals surface area contributed by atoms with Gasteiger partial charge in [0.15, 0.2) is 0 Å². The molecule has 0 spiro atoms. The number of carbonyl (C=O) groups excluding carboxylic acids is 1. The maximum absolute atomic E-state index is 12.2. The second kappa shape index (κ2) is 8.63. The van der Waals surface area contributed by atoms with Crippen LogP contribution < -0.4 is 11.1 Å². The van der Waals surface area contributed by atoms with Crippen LogP contribution >= 0.6 is 0 Å². The molecule has 1 amide bonds. The third kappa shape index (κ3) is 5.06. The summed E-state index contributed by atoms with van der Waals surface area (Å²) in [4.78, 5) is 14.7. The molecule has 2 atom stereocenters. The molecule has 1 aliphatic carbocycles. The molecular weight excluding hydrogens is 250 g/mol. The fourth-order valence-corrected chi connectivity index (χ4v) is 3.58. The van der Waals surface area contributed by atoms with E-state index >= 15 is 0 Å². The number of rotatable bonds is 5. The maximum Gasteiger partial charge on any atom is 0.223 e. The fourth-order valence-electron chi connectivity index (χ4n) is 3.58. The Labute approximate surface area is 123 Å². The van der Waals surface area contributed by atoms with Crippen LogP contribution in [0.3, 0.4) is 0 Å². The molecule has 2 rings (SSSR count). The Bertz CT molecular complexity index is 287. The Hall–Kier alpha value is -0.610. The molecular formula is C16H31N3O. The van der Waals surface area contributed by atoms with Crippen LogP contribution in [-0.4, -0.2) is 43.5 Å². The number of hydrogen-bond donors (Lipinski definition) is 2. The summed E-state index contributed by atoms with van der Waals surface area (Å²) < 4.78 is 0. The lowest BCUT2D eigenvalue weighted by Gasteiger charge is -2.28. The molecule has 1 saturated carbocycles. The largest absolute Gasteiger partial charge is 0.355 e. The second-order valence-electron chi connectivity index (χ2n) is 6.51. The summed E-state index contributed by atoms with van der Waals surface area (Å²) in [6, 6.07) is 0. The van der Waals surface area contributed by atoms with Gasteiger partial charge in [-0.25, -0.2) is 0 Å². The van der Waals surface area contributed by atoms with E-state index in [-0.39, 0.29) is 11.8 Å². The second-order valence-corrected chi connectivity index (χ2v) is 6.51. The van der Waals surface area contributed by atoms with Gasteiger partial charge in [-0.3, -0.25) is 4.79 Å². The topological polar surface area (TPSA) is 58.4 Å². The van der Waals surface area contributed by atoms with E-state index < -0.39 is 0 Å². The molecule has 116 valence electrons. The molecule has 2 fully saturated rings. The van der Waals surface area contributed by atoms with Crippen LogP contribution in [0, 0.1) is 11.8 Å². The number of nitrogens with two attached hydrogens (primary N) is 1. The van der Waals surface area contributed by atoms with Gasteiger partial charge in [0.25, 0.3) is 0 Å². The van der Waals surface area contributed by atoms with Gasteiger partial charge in [0.2, 0.25) is 5.91 Å². The number of carbonyl (C=O) groups is 1. The van der Waals surface area contributed by atoms with Gasteiger partial charge in [0.05, 0.1) is 0 Å². The Balaban J connectivity index is 1.64. The highest BCUT2D eigenvalue weighted by Gasteiger charge is 2.26. The zero-order valence-corrected chi connectivity index (χ0v) is 12.8. The highest BCUT2D eigenvalue weighted by Crippen LogP contribution is 2.28. The van der Waals surface area contributed by atoms with E-state index in [1.807, 2.05) is 0 Å². The van der Waals surface area contributed by atoms with Crippen LogP contribution in [0.4, 0.5) is 0 Å². The fraction of sp³-hybridized carbons (Fsp3) is 0.938. The standard InChI is InChI=1S/C16H31N3O/c17-13-14-6-5-7-15(12-14)16(20)18-8-11-19-9-3-1-2-4-10-19/h14-15H,1-13,17H2,(H,18,20). The quantitative estimate of drug-likeness (QED) is 0.807. The average molecular weight is 281 g/mol. The molecule has 1 aliphatic heterocycles. The zero-order valence-electron chi connectivity index (χ0n) is 12.8. The molecule has 0 radical (unpaired) electrons. The highest BCUT2D eigenvalue weighted by molar-refractivity contribution is 5.78. The van der Waals surface area contributed by atoms with Gasteiger partial charge in [-0.2, -0.15) is 0 Å². The van der Waals surface area contributed by atoms with E-state index in [1.54, 1.807) is 0 Å². The molecule has 3 N–H and O–H groups in total. The van der Waals surface area contributed by atoms with Crippen molar-refractivity contribution in [3.63, 3.8) is 0 Å². The SMILES string of the molecule is NCC1CCCC(C(=O)NCCN2CCCCCC2)C1. The molecule has 0 aromatic carbocycles. The molecule has 1 heterocycles. The molecule has 0 aromatic heterocycles. The van der Waals surface area contributed by atoms with Gasteiger partial charge in [-0.05, 0) is 57.7 Å². The first-order valence-corrected chi connectivity index (χ1v) is 8.49. The van der Waals surface area contributed by atoms with E-state index in [4.69, 9.17) is 5.73 Å². The molecule has 0 aromatic rings. The molecule has 4 heteroatoms. The monoisotopic (exact) mass is 281 g/mol. The van der Waals surface area contributed by atoms with Crippen molar-refractivity contribution in [2.45, 2.75) is 51.4 Å². The molecule has 1 saturated heterocycles. The smallest absolute Gasteiger partial charge is 0.223 e. The van der Waals surface area contributed by atoms with E-state index in [0.29, 0.717) is 5.92 Å². The number of nitrogens with zero attached hydrogens (tertiary/aromatic N) is 1. The molecule has 0 bridgehead atoms.